The first-order valence-corrected chi connectivity index (χ1v) is 14.1. The fourth-order valence-corrected chi connectivity index (χ4v) is 3.74. The number of carboxylic acid groups (broad SMARTS) is 1. The van der Waals surface area contributed by atoms with Crippen molar-refractivity contribution in [3.63, 3.8) is 0 Å². The molecule has 0 spiro atoms. The number of carboxylic acids is 1. The summed E-state index contributed by atoms with van der Waals surface area (Å²) in [6, 6.07) is 0. The van der Waals surface area contributed by atoms with Gasteiger partial charge in [0, 0.05) is 12.8 Å². The SMILES string of the molecule is CC/C=C\C/C=C\C/C=C\C/C=C\C(CCCCCC(=O)O)OC(=O)CCCCCCCCCC. The molecule has 0 aromatic heterocycles. The summed E-state index contributed by atoms with van der Waals surface area (Å²) in [5.41, 5.74) is 0. The van der Waals surface area contributed by atoms with Gasteiger partial charge in [0.1, 0.15) is 6.10 Å². The molecule has 0 aliphatic heterocycles. The Morgan fingerprint density at radius 1 is 0.657 bits per heavy atom. The van der Waals surface area contributed by atoms with Crippen molar-refractivity contribution < 1.29 is 19.4 Å². The first-order valence-electron chi connectivity index (χ1n) is 14.1. The van der Waals surface area contributed by atoms with Crippen molar-refractivity contribution in [3.05, 3.63) is 48.6 Å². The van der Waals surface area contributed by atoms with E-state index in [1.807, 2.05) is 6.08 Å². The van der Waals surface area contributed by atoms with Crippen LogP contribution in [-0.4, -0.2) is 23.1 Å². The fraction of sp³-hybridized carbons (Fsp3) is 0.677. The highest BCUT2D eigenvalue weighted by molar-refractivity contribution is 5.69. The molecule has 1 unspecified atom stereocenters. The maximum atomic E-state index is 12.3. The Balaban J connectivity index is 4.30. The Kier molecular flexibility index (Phi) is 24.9. The summed E-state index contributed by atoms with van der Waals surface area (Å²) >= 11 is 0. The number of carbonyl (C=O) groups is 2. The molecule has 0 radical (unpaired) electrons. The minimum atomic E-state index is -0.753. The van der Waals surface area contributed by atoms with Gasteiger partial charge in [-0.1, -0.05) is 108 Å². The zero-order valence-electron chi connectivity index (χ0n) is 22.6. The van der Waals surface area contributed by atoms with Gasteiger partial charge >= 0.3 is 11.9 Å². The van der Waals surface area contributed by atoms with Crippen molar-refractivity contribution >= 4 is 11.9 Å². The van der Waals surface area contributed by atoms with Crippen molar-refractivity contribution in [2.45, 2.75) is 136 Å². The van der Waals surface area contributed by atoms with Gasteiger partial charge in [-0.15, -0.1) is 0 Å². The van der Waals surface area contributed by atoms with Crippen molar-refractivity contribution in [2.75, 3.05) is 0 Å². The van der Waals surface area contributed by atoms with Crippen LogP contribution in [0.3, 0.4) is 0 Å². The quantitative estimate of drug-likeness (QED) is 0.0835. The van der Waals surface area contributed by atoms with Gasteiger partial charge in [0.05, 0.1) is 0 Å². The highest BCUT2D eigenvalue weighted by Crippen LogP contribution is 2.14. The molecule has 35 heavy (non-hydrogen) atoms. The number of ether oxygens (including phenoxy) is 1. The average molecular weight is 489 g/mol. The highest BCUT2D eigenvalue weighted by atomic mass is 16.5. The molecule has 200 valence electrons. The Morgan fingerprint density at radius 3 is 1.77 bits per heavy atom. The second kappa shape index (κ2) is 26.5. The molecular weight excluding hydrogens is 436 g/mol. The van der Waals surface area contributed by atoms with Crippen LogP contribution in [0.2, 0.25) is 0 Å². The molecule has 0 heterocycles. The average Bonchev–Trinajstić information content (AvgIpc) is 2.83. The van der Waals surface area contributed by atoms with Crippen LogP contribution >= 0.6 is 0 Å². The normalized spacial score (nSPS) is 13.0. The van der Waals surface area contributed by atoms with Crippen LogP contribution in [0.5, 0.6) is 0 Å². The van der Waals surface area contributed by atoms with E-state index in [1.165, 1.54) is 38.5 Å². The second-order valence-electron chi connectivity index (χ2n) is 9.20. The van der Waals surface area contributed by atoms with Crippen LogP contribution in [0.4, 0.5) is 0 Å². The number of rotatable bonds is 24. The molecule has 0 fully saturated rings. The van der Waals surface area contributed by atoms with E-state index < -0.39 is 5.97 Å². The number of esters is 1. The zero-order valence-corrected chi connectivity index (χ0v) is 22.6. The minimum absolute atomic E-state index is 0.117. The predicted molar refractivity (Wildman–Crippen MR) is 149 cm³/mol. The molecule has 1 atom stereocenters. The Hall–Kier alpha value is -2.10. The molecule has 0 saturated heterocycles. The lowest BCUT2D eigenvalue weighted by Gasteiger charge is -2.14. The van der Waals surface area contributed by atoms with Crippen LogP contribution in [-0.2, 0) is 14.3 Å². The third-order valence-electron chi connectivity index (χ3n) is 5.80. The molecule has 4 nitrogen and oxygen atoms in total. The van der Waals surface area contributed by atoms with Crippen LogP contribution in [0.15, 0.2) is 48.6 Å². The van der Waals surface area contributed by atoms with Gasteiger partial charge in [0.25, 0.3) is 0 Å². The lowest BCUT2D eigenvalue weighted by molar-refractivity contribution is -0.147. The summed E-state index contributed by atoms with van der Waals surface area (Å²) in [5, 5.41) is 8.79. The number of allylic oxidation sites excluding steroid dienone is 7. The van der Waals surface area contributed by atoms with Crippen molar-refractivity contribution in [2.24, 2.45) is 0 Å². The maximum absolute atomic E-state index is 12.3. The Morgan fingerprint density at radius 2 is 1.17 bits per heavy atom. The summed E-state index contributed by atoms with van der Waals surface area (Å²) in [6.07, 6.45) is 34.1. The van der Waals surface area contributed by atoms with E-state index in [9.17, 15) is 9.59 Å². The molecule has 0 amide bonds. The molecule has 0 aromatic carbocycles. The van der Waals surface area contributed by atoms with Crippen LogP contribution in [0.1, 0.15) is 129 Å². The van der Waals surface area contributed by atoms with Crippen molar-refractivity contribution in [1.29, 1.82) is 0 Å². The summed E-state index contributed by atoms with van der Waals surface area (Å²) < 4.78 is 5.75. The number of aliphatic carboxylic acids is 1. The van der Waals surface area contributed by atoms with E-state index in [4.69, 9.17) is 9.84 Å². The molecule has 1 N–H and O–H groups in total. The summed E-state index contributed by atoms with van der Waals surface area (Å²) in [7, 11) is 0. The lowest BCUT2D eigenvalue weighted by Crippen LogP contribution is -2.16. The van der Waals surface area contributed by atoms with Gasteiger partial charge in [-0.2, -0.15) is 0 Å². The highest BCUT2D eigenvalue weighted by Gasteiger charge is 2.11. The Labute approximate surface area is 215 Å². The number of carbonyl (C=O) groups excluding carboxylic acids is 1. The van der Waals surface area contributed by atoms with E-state index in [1.54, 1.807) is 0 Å². The molecular formula is C31H52O4. The smallest absolute Gasteiger partial charge is 0.306 e. The van der Waals surface area contributed by atoms with Gasteiger partial charge in [-0.25, -0.2) is 0 Å². The number of hydrogen-bond donors (Lipinski definition) is 1. The molecule has 0 rings (SSSR count). The van der Waals surface area contributed by atoms with Crippen molar-refractivity contribution in [1.82, 2.24) is 0 Å². The van der Waals surface area contributed by atoms with Crippen LogP contribution in [0, 0.1) is 0 Å². The first kappa shape index (κ1) is 32.9. The molecule has 0 bridgehead atoms. The monoisotopic (exact) mass is 488 g/mol. The third-order valence-corrected chi connectivity index (χ3v) is 5.80. The van der Waals surface area contributed by atoms with Gasteiger partial charge < -0.3 is 9.84 Å². The van der Waals surface area contributed by atoms with E-state index in [0.29, 0.717) is 12.8 Å². The molecule has 0 aliphatic carbocycles. The number of hydrogen-bond acceptors (Lipinski definition) is 3. The predicted octanol–water partition coefficient (Wildman–Crippen LogP) is 9.27. The summed E-state index contributed by atoms with van der Waals surface area (Å²) in [5.74, 6) is -0.869. The van der Waals surface area contributed by atoms with E-state index in [-0.39, 0.29) is 18.5 Å². The lowest BCUT2D eigenvalue weighted by atomic mass is 10.1. The van der Waals surface area contributed by atoms with Crippen LogP contribution < -0.4 is 0 Å². The number of unbranched alkanes of at least 4 members (excludes halogenated alkanes) is 9. The van der Waals surface area contributed by atoms with Crippen LogP contribution in [0.25, 0.3) is 0 Å². The molecule has 0 aliphatic rings. The topological polar surface area (TPSA) is 63.6 Å². The van der Waals surface area contributed by atoms with E-state index in [2.05, 4.69) is 56.4 Å². The van der Waals surface area contributed by atoms with Gasteiger partial charge in [-0.05, 0) is 57.4 Å². The summed E-state index contributed by atoms with van der Waals surface area (Å²) in [6.45, 7) is 4.37. The fourth-order valence-electron chi connectivity index (χ4n) is 3.74. The maximum Gasteiger partial charge on any atom is 0.306 e. The minimum Gasteiger partial charge on any atom is -0.481 e. The third kappa shape index (κ3) is 26.3. The molecule has 4 heteroatoms. The first-order chi connectivity index (χ1) is 17.1. The van der Waals surface area contributed by atoms with Gasteiger partial charge in [-0.3, -0.25) is 9.59 Å². The second-order valence-corrected chi connectivity index (χ2v) is 9.20. The van der Waals surface area contributed by atoms with E-state index in [0.717, 1.165) is 57.8 Å². The Bertz CT molecular complexity index is 615. The largest absolute Gasteiger partial charge is 0.481 e. The van der Waals surface area contributed by atoms with E-state index >= 15 is 0 Å². The molecule has 0 saturated carbocycles. The standard InChI is InChI=1S/C31H52O4/c1-3-5-7-9-11-13-14-15-16-18-21-25-29(26-22-20-23-27-30(32)33)35-31(34)28-24-19-17-12-10-8-6-4-2/h5,7,11,13,15-16,21,25,29H,3-4,6,8-10,12,14,17-20,22-24,26-28H2,1-2H3,(H,32,33)/b7-5-,13-11-,16-15-,25-21-. The van der Waals surface area contributed by atoms with Gasteiger partial charge in [0.15, 0.2) is 0 Å². The van der Waals surface area contributed by atoms with Crippen molar-refractivity contribution in [3.8, 4) is 0 Å². The molecule has 0 aromatic rings. The van der Waals surface area contributed by atoms with Gasteiger partial charge in [0.2, 0.25) is 0 Å². The zero-order chi connectivity index (χ0) is 25.8. The summed E-state index contributed by atoms with van der Waals surface area (Å²) in [4.78, 5) is 23.0.